The van der Waals surface area contributed by atoms with E-state index in [1.54, 1.807) is 31.2 Å². The van der Waals surface area contributed by atoms with Gasteiger partial charge in [0.25, 0.3) is 0 Å². The second-order valence-corrected chi connectivity index (χ2v) is 5.38. The molecule has 0 saturated carbocycles. The van der Waals surface area contributed by atoms with Gasteiger partial charge in [-0.2, -0.15) is 0 Å². The fourth-order valence-corrected chi connectivity index (χ4v) is 2.33. The Bertz CT molecular complexity index is 545. The van der Waals surface area contributed by atoms with Crippen LogP contribution in [0.1, 0.15) is 57.4 Å². The highest BCUT2D eigenvalue weighted by Gasteiger charge is 2.24. The summed E-state index contributed by atoms with van der Waals surface area (Å²) in [7, 11) is 0. The summed E-state index contributed by atoms with van der Waals surface area (Å²) in [5, 5.41) is 0. The van der Waals surface area contributed by atoms with E-state index >= 15 is 0 Å². The molecule has 4 nitrogen and oxygen atoms in total. The molecule has 0 saturated heterocycles. The van der Waals surface area contributed by atoms with Crippen molar-refractivity contribution in [3.05, 3.63) is 35.9 Å². The van der Waals surface area contributed by atoms with E-state index in [0.717, 1.165) is 0 Å². The number of carbonyl (C=O) groups is 4. The average Bonchev–Trinajstić information content (AvgIpc) is 2.47. The fourth-order valence-electron chi connectivity index (χ4n) is 2.33. The summed E-state index contributed by atoms with van der Waals surface area (Å²) in [6.07, 6.45) is 1.05. The molecular formula is C18H22O4. The molecular weight excluding hydrogens is 280 g/mol. The molecule has 0 amide bonds. The number of hydrogen-bond donors (Lipinski definition) is 0. The second-order valence-electron chi connectivity index (χ2n) is 5.38. The summed E-state index contributed by atoms with van der Waals surface area (Å²) in [5.74, 6) is -1.34. The lowest BCUT2D eigenvalue weighted by Crippen LogP contribution is -2.20. The molecule has 0 N–H and O–H groups in total. The number of benzene rings is 1. The standard InChI is InChI=1S/C18H22O4/c1-3-15(20)12-16(21)10-7-11-17(22)18(13(2)19)14-8-5-4-6-9-14/h4-6,8-9,18H,3,7,10-12H2,1-2H3. The van der Waals surface area contributed by atoms with Gasteiger partial charge >= 0.3 is 0 Å². The van der Waals surface area contributed by atoms with Crippen molar-refractivity contribution >= 4 is 23.1 Å². The van der Waals surface area contributed by atoms with Gasteiger partial charge in [0.1, 0.15) is 29.1 Å². The normalized spacial score (nSPS) is 11.7. The Morgan fingerprint density at radius 3 is 2.14 bits per heavy atom. The molecule has 1 aromatic carbocycles. The zero-order chi connectivity index (χ0) is 16.5. The van der Waals surface area contributed by atoms with E-state index in [1.807, 2.05) is 6.07 Å². The van der Waals surface area contributed by atoms with Gasteiger partial charge in [0.05, 0.1) is 6.42 Å². The third kappa shape index (κ3) is 5.72. The van der Waals surface area contributed by atoms with Crippen molar-refractivity contribution in [3.63, 3.8) is 0 Å². The monoisotopic (exact) mass is 302 g/mol. The van der Waals surface area contributed by atoms with Gasteiger partial charge in [-0.25, -0.2) is 0 Å². The zero-order valence-corrected chi connectivity index (χ0v) is 13.1. The Kier molecular flexibility index (Phi) is 7.37. The predicted molar refractivity (Wildman–Crippen MR) is 83.6 cm³/mol. The largest absolute Gasteiger partial charge is 0.299 e. The molecule has 0 radical (unpaired) electrons. The maximum absolute atomic E-state index is 12.2. The quantitative estimate of drug-likeness (QED) is 0.623. The Morgan fingerprint density at radius 1 is 0.955 bits per heavy atom. The molecule has 1 unspecified atom stereocenters. The van der Waals surface area contributed by atoms with E-state index in [0.29, 0.717) is 18.4 Å². The lowest BCUT2D eigenvalue weighted by molar-refractivity contribution is -0.128. The van der Waals surface area contributed by atoms with Crippen molar-refractivity contribution in [2.75, 3.05) is 0 Å². The summed E-state index contributed by atoms with van der Waals surface area (Å²) in [4.78, 5) is 46.7. The molecule has 1 atom stereocenters. The highest BCUT2D eigenvalue weighted by atomic mass is 16.2. The molecule has 0 aromatic heterocycles. The third-order valence-electron chi connectivity index (χ3n) is 3.53. The lowest BCUT2D eigenvalue weighted by atomic mass is 9.88. The van der Waals surface area contributed by atoms with E-state index in [9.17, 15) is 19.2 Å². The van der Waals surface area contributed by atoms with Crippen molar-refractivity contribution in [3.8, 4) is 0 Å². The summed E-state index contributed by atoms with van der Waals surface area (Å²) in [6, 6.07) is 8.93. The molecule has 0 bridgehead atoms. The molecule has 0 aliphatic rings. The number of ketones is 4. The number of rotatable bonds is 10. The minimum absolute atomic E-state index is 0.0560. The second kappa shape index (κ2) is 9.03. The molecule has 1 aromatic rings. The first-order valence-electron chi connectivity index (χ1n) is 7.57. The molecule has 0 spiro atoms. The van der Waals surface area contributed by atoms with Crippen LogP contribution in [0.4, 0.5) is 0 Å². The van der Waals surface area contributed by atoms with Crippen LogP contribution >= 0.6 is 0 Å². The number of hydrogen-bond acceptors (Lipinski definition) is 4. The van der Waals surface area contributed by atoms with Crippen LogP contribution in [0.3, 0.4) is 0 Å². The summed E-state index contributed by atoms with van der Waals surface area (Å²) >= 11 is 0. The summed E-state index contributed by atoms with van der Waals surface area (Å²) in [5.41, 5.74) is 0.687. The Labute approximate surface area is 130 Å². The van der Waals surface area contributed by atoms with Gasteiger partial charge in [0.2, 0.25) is 0 Å². The van der Waals surface area contributed by atoms with Crippen LogP contribution in [0.25, 0.3) is 0 Å². The van der Waals surface area contributed by atoms with Crippen molar-refractivity contribution in [2.24, 2.45) is 0 Å². The maximum atomic E-state index is 12.2. The minimum Gasteiger partial charge on any atom is -0.299 e. The molecule has 4 heteroatoms. The lowest BCUT2D eigenvalue weighted by Gasteiger charge is -2.12. The van der Waals surface area contributed by atoms with Gasteiger partial charge < -0.3 is 0 Å². The van der Waals surface area contributed by atoms with E-state index < -0.39 is 5.92 Å². The minimum atomic E-state index is -0.756. The molecule has 118 valence electrons. The van der Waals surface area contributed by atoms with Gasteiger partial charge in [-0.15, -0.1) is 0 Å². The van der Waals surface area contributed by atoms with E-state index in [4.69, 9.17) is 0 Å². The van der Waals surface area contributed by atoms with Crippen LogP contribution in [0, 0.1) is 0 Å². The molecule has 0 heterocycles. The van der Waals surface area contributed by atoms with Crippen molar-refractivity contribution < 1.29 is 19.2 Å². The van der Waals surface area contributed by atoms with Crippen molar-refractivity contribution in [2.45, 2.75) is 51.9 Å². The first-order valence-corrected chi connectivity index (χ1v) is 7.57. The molecule has 0 fully saturated rings. The van der Waals surface area contributed by atoms with Crippen molar-refractivity contribution in [1.82, 2.24) is 0 Å². The topological polar surface area (TPSA) is 68.3 Å². The predicted octanol–water partition coefficient (Wildman–Crippen LogP) is 3.04. The van der Waals surface area contributed by atoms with Crippen LogP contribution in [0.5, 0.6) is 0 Å². The van der Waals surface area contributed by atoms with E-state index in [1.165, 1.54) is 6.92 Å². The Balaban J connectivity index is 2.54. The SMILES string of the molecule is CCC(=O)CC(=O)CCCC(=O)C(C(C)=O)c1ccccc1. The summed E-state index contributed by atoms with van der Waals surface area (Å²) in [6.45, 7) is 3.12. The van der Waals surface area contributed by atoms with Crippen LogP contribution < -0.4 is 0 Å². The van der Waals surface area contributed by atoms with Crippen molar-refractivity contribution in [1.29, 1.82) is 0 Å². The molecule has 22 heavy (non-hydrogen) atoms. The van der Waals surface area contributed by atoms with Gasteiger partial charge in [0, 0.05) is 19.3 Å². The fraction of sp³-hybridized carbons (Fsp3) is 0.444. The van der Waals surface area contributed by atoms with Gasteiger partial charge in [0.15, 0.2) is 0 Å². The van der Waals surface area contributed by atoms with Crippen LogP contribution in [-0.4, -0.2) is 23.1 Å². The smallest absolute Gasteiger partial charge is 0.147 e. The molecule has 1 rings (SSSR count). The third-order valence-corrected chi connectivity index (χ3v) is 3.53. The van der Waals surface area contributed by atoms with E-state index in [2.05, 4.69) is 0 Å². The van der Waals surface area contributed by atoms with Gasteiger partial charge in [-0.1, -0.05) is 37.3 Å². The highest BCUT2D eigenvalue weighted by Crippen LogP contribution is 2.20. The first kappa shape index (κ1) is 18.0. The zero-order valence-electron chi connectivity index (χ0n) is 13.1. The maximum Gasteiger partial charge on any atom is 0.147 e. The van der Waals surface area contributed by atoms with Crippen LogP contribution in [-0.2, 0) is 19.2 Å². The van der Waals surface area contributed by atoms with E-state index in [-0.39, 0.29) is 42.4 Å². The Morgan fingerprint density at radius 2 is 1.59 bits per heavy atom. The van der Waals surface area contributed by atoms with Crippen LogP contribution in [0.15, 0.2) is 30.3 Å². The Hall–Kier alpha value is -2.10. The van der Waals surface area contributed by atoms with Gasteiger partial charge in [-0.3, -0.25) is 19.2 Å². The number of carbonyl (C=O) groups excluding carboxylic acids is 4. The molecule has 0 aliphatic heterocycles. The molecule has 0 aliphatic carbocycles. The van der Waals surface area contributed by atoms with Gasteiger partial charge in [-0.05, 0) is 18.9 Å². The summed E-state index contributed by atoms with van der Waals surface area (Å²) < 4.78 is 0. The highest BCUT2D eigenvalue weighted by molar-refractivity contribution is 6.06. The first-order chi connectivity index (χ1) is 10.5. The van der Waals surface area contributed by atoms with Crippen LogP contribution in [0.2, 0.25) is 0 Å². The number of Topliss-reactive ketones (excluding diaryl/α,β-unsaturated/α-hetero) is 4. The average molecular weight is 302 g/mol.